The Bertz CT molecular complexity index is 503. The second kappa shape index (κ2) is 6.93. The number of ether oxygens (including phenoxy) is 2. The largest absolute Gasteiger partial charge is 0.459 e. The summed E-state index contributed by atoms with van der Waals surface area (Å²) in [6.07, 6.45) is 0.705. The monoisotopic (exact) mass is 354 g/mol. The Balaban J connectivity index is 2.35. The number of hydrogen-bond donors (Lipinski definition) is 0. The molecule has 1 aliphatic rings. The molecule has 4 heteroatoms. The zero-order chi connectivity index (χ0) is 15.6. The minimum Gasteiger partial charge on any atom is -0.459 e. The molecule has 2 rings (SSSR count). The predicted molar refractivity (Wildman–Crippen MR) is 85.9 cm³/mol. The lowest BCUT2D eigenvalue weighted by molar-refractivity contribution is -0.196. The zero-order valence-corrected chi connectivity index (χ0v) is 14.6. The van der Waals surface area contributed by atoms with E-state index in [4.69, 9.17) is 9.47 Å². The van der Waals surface area contributed by atoms with Crippen molar-refractivity contribution in [1.29, 1.82) is 0 Å². The number of esters is 1. The molecule has 3 nitrogen and oxygen atoms in total. The summed E-state index contributed by atoms with van der Waals surface area (Å²) in [6, 6.07) is 8.03. The molecular weight excluding hydrogens is 332 g/mol. The van der Waals surface area contributed by atoms with Gasteiger partial charge in [0.25, 0.3) is 0 Å². The third kappa shape index (κ3) is 3.67. The average Bonchev–Trinajstić information content (AvgIpc) is 2.44. The zero-order valence-electron chi connectivity index (χ0n) is 13.0. The maximum atomic E-state index is 11.5. The predicted octanol–water partition coefficient (Wildman–Crippen LogP) is 4.50. The normalized spacial score (nSPS) is 32.7. The lowest BCUT2D eigenvalue weighted by atomic mass is 9.79. The van der Waals surface area contributed by atoms with Crippen LogP contribution in [0.5, 0.6) is 0 Å². The highest BCUT2D eigenvalue weighted by Gasteiger charge is 2.43. The Labute approximate surface area is 135 Å². The molecule has 0 saturated carbocycles. The van der Waals surface area contributed by atoms with Crippen molar-refractivity contribution in [2.75, 3.05) is 0 Å². The molecule has 1 saturated heterocycles. The van der Waals surface area contributed by atoms with Gasteiger partial charge in [-0.25, -0.2) is 0 Å². The molecule has 1 heterocycles. The lowest BCUT2D eigenvalue weighted by Crippen LogP contribution is -2.46. The topological polar surface area (TPSA) is 35.5 Å². The summed E-state index contributed by atoms with van der Waals surface area (Å²) in [5, 5.41) is 0. The summed E-state index contributed by atoms with van der Waals surface area (Å²) >= 11 is 3.50. The van der Waals surface area contributed by atoms with E-state index < -0.39 is 0 Å². The first-order valence-corrected chi connectivity index (χ1v) is 8.31. The lowest BCUT2D eigenvalue weighted by Gasteiger charge is -2.44. The molecule has 5 atom stereocenters. The van der Waals surface area contributed by atoms with Gasteiger partial charge in [-0.2, -0.15) is 0 Å². The fourth-order valence-corrected chi connectivity index (χ4v) is 3.50. The van der Waals surface area contributed by atoms with E-state index in [1.165, 1.54) is 6.92 Å². The van der Waals surface area contributed by atoms with Crippen LogP contribution in [0.15, 0.2) is 28.7 Å². The third-order valence-corrected chi connectivity index (χ3v) is 4.93. The van der Waals surface area contributed by atoms with E-state index in [1.807, 2.05) is 24.3 Å². The summed E-state index contributed by atoms with van der Waals surface area (Å²) in [7, 11) is 0. The van der Waals surface area contributed by atoms with Gasteiger partial charge in [-0.05, 0) is 30.0 Å². The Morgan fingerprint density at radius 3 is 2.62 bits per heavy atom. The van der Waals surface area contributed by atoms with Crippen molar-refractivity contribution in [2.24, 2.45) is 11.8 Å². The molecule has 0 bridgehead atoms. The van der Waals surface area contributed by atoms with Gasteiger partial charge in [-0.3, -0.25) is 4.79 Å². The number of carbonyl (C=O) groups excluding carboxylic acids is 1. The van der Waals surface area contributed by atoms with Crippen molar-refractivity contribution in [1.82, 2.24) is 0 Å². The first-order chi connectivity index (χ1) is 9.93. The minimum atomic E-state index is -0.252. The maximum Gasteiger partial charge on any atom is 0.303 e. The minimum absolute atomic E-state index is 0.191. The van der Waals surface area contributed by atoms with Gasteiger partial charge in [0.2, 0.25) is 0 Å². The number of carbonyl (C=O) groups is 1. The van der Waals surface area contributed by atoms with Gasteiger partial charge in [0, 0.05) is 17.3 Å². The highest BCUT2D eigenvalue weighted by Crippen LogP contribution is 2.41. The number of benzene rings is 1. The fourth-order valence-electron chi connectivity index (χ4n) is 3.08. The van der Waals surface area contributed by atoms with Gasteiger partial charge < -0.3 is 9.47 Å². The van der Waals surface area contributed by atoms with E-state index in [-0.39, 0.29) is 30.2 Å². The van der Waals surface area contributed by atoms with Crippen molar-refractivity contribution in [3.63, 3.8) is 0 Å². The molecule has 0 radical (unpaired) electrons. The van der Waals surface area contributed by atoms with E-state index >= 15 is 0 Å². The first kappa shape index (κ1) is 16.5. The second-order valence-electron chi connectivity index (χ2n) is 5.85. The van der Waals surface area contributed by atoms with Gasteiger partial charge in [0.15, 0.2) is 0 Å². The third-order valence-electron chi connectivity index (χ3n) is 4.44. The van der Waals surface area contributed by atoms with Gasteiger partial charge in [-0.15, -0.1) is 0 Å². The second-order valence-corrected chi connectivity index (χ2v) is 6.77. The number of halogens is 1. The number of hydrogen-bond acceptors (Lipinski definition) is 3. The summed E-state index contributed by atoms with van der Waals surface area (Å²) in [6.45, 7) is 7.92. The van der Waals surface area contributed by atoms with Gasteiger partial charge in [0.1, 0.15) is 12.2 Å². The van der Waals surface area contributed by atoms with Crippen LogP contribution >= 0.6 is 15.9 Å². The number of rotatable bonds is 3. The van der Waals surface area contributed by atoms with Crippen LogP contribution in [0.2, 0.25) is 0 Å². The van der Waals surface area contributed by atoms with E-state index in [1.54, 1.807) is 0 Å². The van der Waals surface area contributed by atoms with E-state index in [9.17, 15) is 4.79 Å². The maximum absolute atomic E-state index is 11.5. The molecule has 1 aromatic rings. The van der Waals surface area contributed by atoms with Crippen molar-refractivity contribution in [2.45, 2.75) is 52.4 Å². The molecule has 0 amide bonds. The van der Waals surface area contributed by atoms with Crippen LogP contribution in [-0.2, 0) is 14.3 Å². The van der Waals surface area contributed by atoms with Crippen LogP contribution in [0.25, 0.3) is 0 Å². The van der Waals surface area contributed by atoms with E-state index in [0.717, 1.165) is 16.5 Å². The molecular formula is C17H23BrO3. The average molecular weight is 355 g/mol. The van der Waals surface area contributed by atoms with Crippen LogP contribution in [-0.4, -0.2) is 18.2 Å². The van der Waals surface area contributed by atoms with Gasteiger partial charge in [-0.1, -0.05) is 48.8 Å². The molecule has 21 heavy (non-hydrogen) atoms. The highest BCUT2D eigenvalue weighted by atomic mass is 79.9. The Morgan fingerprint density at radius 1 is 1.33 bits per heavy atom. The molecule has 1 fully saturated rings. The van der Waals surface area contributed by atoms with Crippen molar-refractivity contribution >= 4 is 21.9 Å². The van der Waals surface area contributed by atoms with Crippen LogP contribution in [0.3, 0.4) is 0 Å². The molecule has 0 aliphatic carbocycles. The van der Waals surface area contributed by atoms with E-state index in [2.05, 4.69) is 36.7 Å². The Kier molecular flexibility index (Phi) is 5.44. The molecule has 1 aromatic carbocycles. The van der Waals surface area contributed by atoms with Crippen LogP contribution in [0.1, 0.15) is 45.8 Å². The van der Waals surface area contributed by atoms with Crippen LogP contribution < -0.4 is 0 Å². The Morgan fingerprint density at radius 2 is 2.05 bits per heavy atom. The summed E-state index contributed by atoms with van der Waals surface area (Å²) in [5.74, 6) is 0.372. The van der Waals surface area contributed by atoms with Gasteiger partial charge >= 0.3 is 5.97 Å². The van der Waals surface area contributed by atoms with Crippen molar-refractivity contribution in [3.8, 4) is 0 Å². The van der Waals surface area contributed by atoms with Crippen LogP contribution in [0.4, 0.5) is 0 Å². The fraction of sp³-hybridized carbons (Fsp3) is 0.588. The molecule has 1 aliphatic heterocycles. The molecule has 0 aromatic heterocycles. The van der Waals surface area contributed by atoms with Crippen molar-refractivity contribution < 1.29 is 14.3 Å². The highest BCUT2D eigenvalue weighted by molar-refractivity contribution is 9.10. The van der Waals surface area contributed by atoms with Crippen molar-refractivity contribution in [3.05, 3.63) is 34.3 Å². The Hall–Kier alpha value is -0.870. The summed E-state index contributed by atoms with van der Waals surface area (Å²) < 4.78 is 12.9. The smallest absolute Gasteiger partial charge is 0.303 e. The van der Waals surface area contributed by atoms with Gasteiger partial charge in [0.05, 0.1) is 6.10 Å². The first-order valence-electron chi connectivity index (χ1n) is 7.52. The SMILES string of the molecule is CC[C@H]1O[C@H](c2cccc(Br)c2)[C@@H](OC(C)=O)[C@@H](C)[C@@H]1C. The summed E-state index contributed by atoms with van der Waals surface area (Å²) in [5.41, 5.74) is 1.05. The summed E-state index contributed by atoms with van der Waals surface area (Å²) in [4.78, 5) is 11.5. The molecule has 0 N–H and O–H groups in total. The molecule has 0 unspecified atom stereocenters. The quantitative estimate of drug-likeness (QED) is 0.749. The van der Waals surface area contributed by atoms with Crippen LogP contribution in [0, 0.1) is 11.8 Å². The van der Waals surface area contributed by atoms with E-state index in [0.29, 0.717) is 5.92 Å². The molecule has 116 valence electrons. The molecule has 0 spiro atoms. The standard InChI is InChI=1S/C17H23BrO3/c1-5-15-10(2)11(3)16(20-12(4)19)17(21-15)13-7-6-8-14(18)9-13/h6-11,15-17H,5H2,1-4H3/t10-,11-,15+,16-,17+/m0/s1.